The number of amides is 1. The number of nitrogens with one attached hydrogen (secondary N) is 2. The van der Waals surface area contributed by atoms with E-state index in [-0.39, 0.29) is 5.91 Å². The highest BCUT2D eigenvalue weighted by atomic mass is 16.1. The molecule has 0 saturated heterocycles. The van der Waals surface area contributed by atoms with Crippen LogP contribution in [0.5, 0.6) is 0 Å². The topological polar surface area (TPSA) is 41.1 Å². The second-order valence-corrected chi connectivity index (χ2v) is 4.27. The summed E-state index contributed by atoms with van der Waals surface area (Å²) < 4.78 is 0. The van der Waals surface area contributed by atoms with Crippen molar-refractivity contribution in [3.63, 3.8) is 0 Å². The van der Waals surface area contributed by atoms with Gasteiger partial charge in [0, 0.05) is 25.7 Å². The van der Waals surface area contributed by atoms with Crippen LogP contribution in [-0.2, 0) is 4.79 Å². The minimum absolute atomic E-state index is 0.0929. The molecule has 0 unspecified atom stereocenters. The van der Waals surface area contributed by atoms with Crippen LogP contribution in [0.1, 0.15) is 12.8 Å². The molecular formula is C15H18N2O. The number of carbonyl (C=O) groups is 1. The average Bonchev–Trinajstić information content (AvgIpc) is 2.43. The molecular weight excluding hydrogens is 224 g/mol. The van der Waals surface area contributed by atoms with Crippen molar-refractivity contribution in [1.29, 1.82) is 0 Å². The first-order valence-corrected chi connectivity index (χ1v) is 6.23. The highest BCUT2D eigenvalue weighted by Gasteiger charge is 1.98. The normalized spacial score (nSPS) is 10.3. The summed E-state index contributed by atoms with van der Waals surface area (Å²) in [5.74, 6) is 0.0929. The standard InChI is InChI=1S/C15H18N2O/c1-16-15(18)7-4-10-17-14-9-8-12-5-2-3-6-13(12)11-14/h2-3,5-6,8-9,11,17H,4,7,10H2,1H3,(H,16,18). The Labute approximate surface area is 107 Å². The van der Waals surface area contributed by atoms with E-state index in [1.165, 1.54) is 10.8 Å². The zero-order valence-corrected chi connectivity index (χ0v) is 10.6. The van der Waals surface area contributed by atoms with Gasteiger partial charge in [-0.05, 0) is 29.3 Å². The molecule has 2 aromatic carbocycles. The van der Waals surface area contributed by atoms with Gasteiger partial charge in [0.15, 0.2) is 0 Å². The van der Waals surface area contributed by atoms with Gasteiger partial charge in [-0.25, -0.2) is 0 Å². The van der Waals surface area contributed by atoms with E-state index in [0.29, 0.717) is 6.42 Å². The Morgan fingerprint density at radius 2 is 1.89 bits per heavy atom. The predicted octanol–water partition coefficient (Wildman–Crippen LogP) is 2.78. The van der Waals surface area contributed by atoms with Gasteiger partial charge < -0.3 is 10.6 Å². The summed E-state index contributed by atoms with van der Waals surface area (Å²) in [6.45, 7) is 0.811. The first-order valence-electron chi connectivity index (χ1n) is 6.23. The summed E-state index contributed by atoms with van der Waals surface area (Å²) in [5, 5.41) is 8.43. The lowest BCUT2D eigenvalue weighted by molar-refractivity contribution is -0.120. The molecule has 0 spiro atoms. The molecule has 0 bridgehead atoms. The fourth-order valence-corrected chi connectivity index (χ4v) is 1.91. The SMILES string of the molecule is CNC(=O)CCCNc1ccc2ccccc2c1. The van der Waals surface area contributed by atoms with E-state index in [9.17, 15) is 4.79 Å². The summed E-state index contributed by atoms with van der Waals surface area (Å²) in [6, 6.07) is 14.6. The van der Waals surface area contributed by atoms with Gasteiger partial charge in [0.1, 0.15) is 0 Å². The fraction of sp³-hybridized carbons (Fsp3) is 0.267. The van der Waals surface area contributed by atoms with Crippen LogP contribution in [0.4, 0.5) is 5.69 Å². The largest absolute Gasteiger partial charge is 0.385 e. The van der Waals surface area contributed by atoms with Crippen molar-refractivity contribution in [2.24, 2.45) is 0 Å². The van der Waals surface area contributed by atoms with Crippen LogP contribution in [-0.4, -0.2) is 19.5 Å². The highest BCUT2D eigenvalue weighted by Crippen LogP contribution is 2.18. The fourth-order valence-electron chi connectivity index (χ4n) is 1.91. The molecule has 0 radical (unpaired) electrons. The molecule has 3 nitrogen and oxygen atoms in total. The van der Waals surface area contributed by atoms with Crippen LogP contribution in [0.15, 0.2) is 42.5 Å². The van der Waals surface area contributed by atoms with Crippen molar-refractivity contribution in [2.45, 2.75) is 12.8 Å². The number of carbonyl (C=O) groups excluding carboxylic acids is 1. The number of anilines is 1. The van der Waals surface area contributed by atoms with Crippen molar-refractivity contribution >= 4 is 22.4 Å². The van der Waals surface area contributed by atoms with E-state index in [2.05, 4.69) is 41.0 Å². The molecule has 0 aromatic heterocycles. The van der Waals surface area contributed by atoms with Crippen LogP contribution >= 0.6 is 0 Å². The molecule has 0 atom stereocenters. The number of rotatable bonds is 5. The minimum atomic E-state index is 0.0929. The molecule has 0 saturated carbocycles. The Balaban J connectivity index is 1.90. The molecule has 3 heteroatoms. The van der Waals surface area contributed by atoms with E-state index >= 15 is 0 Å². The monoisotopic (exact) mass is 242 g/mol. The molecule has 18 heavy (non-hydrogen) atoms. The molecule has 0 aliphatic rings. The zero-order valence-electron chi connectivity index (χ0n) is 10.6. The number of hydrogen-bond donors (Lipinski definition) is 2. The number of fused-ring (bicyclic) bond motifs is 1. The van der Waals surface area contributed by atoms with Gasteiger partial charge in [0.25, 0.3) is 0 Å². The zero-order chi connectivity index (χ0) is 12.8. The van der Waals surface area contributed by atoms with Gasteiger partial charge in [0.2, 0.25) is 5.91 Å². The molecule has 2 N–H and O–H groups in total. The van der Waals surface area contributed by atoms with Gasteiger partial charge in [-0.1, -0.05) is 30.3 Å². The first kappa shape index (κ1) is 12.4. The molecule has 94 valence electrons. The summed E-state index contributed by atoms with van der Waals surface area (Å²) in [4.78, 5) is 11.1. The van der Waals surface area contributed by atoms with Crippen molar-refractivity contribution in [2.75, 3.05) is 18.9 Å². The van der Waals surface area contributed by atoms with Gasteiger partial charge in [0.05, 0.1) is 0 Å². The predicted molar refractivity (Wildman–Crippen MR) is 75.7 cm³/mol. The Kier molecular flexibility index (Phi) is 4.18. The third kappa shape index (κ3) is 3.23. The Morgan fingerprint density at radius 1 is 1.11 bits per heavy atom. The van der Waals surface area contributed by atoms with E-state index in [4.69, 9.17) is 0 Å². The minimum Gasteiger partial charge on any atom is -0.385 e. The van der Waals surface area contributed by atoms with Crippen LogP contribution in [0.3, 0.4) is 0 Å². The van der Waals surface area contributed by atoms with Crippen LogP contribution < -0.4 is 10.6 Å². The van der Waals surface area contributed by atoms with Gasteiger partial charge in [-0.15, -0.1) is 0 Å². The first-order chi connectivity index (χ1) is 8.79. The Bertz CT molecular complexity index is 537. The van der Waals surface area contributed by atoms with E-state index in [1.807, 2.05) is 12.1 Å². The lowest BCUT2D eigenvalue weighted by atomic mass is 10.1. The van der Waals surface area contributed by atoms with E-state index in [0.717, 1.165) is 18.7 Å². The smallest absolute Gasteiger partial charge is 0.219 e. The third-order valence-corrected chi connectivity index (χ3v) is 2.94. The lowest BCUT2D eigenvalue weighted by Crippen LogP contribution is -2.18. The molecule has 0 aliphatic heterocycles. The summed E-state index contributed by atoms with van der Waals surface area (Å²) in [7, 11) is 1.67. The molecule has 1 amide bonds. The second kappa shape index (κ2) is 6.05. The molecule has 2 aromatic rings. The quantitative estimate of drug-likeness (QED) is 0.792. The Morgan fingerprint density at radius 3 is 2.67 bits per heavy atom. The average molecular weight is 242 g/mol. The highest BCUT2D eigenvalue weighted by molar-refractivity contribution is 5.85. The number of benzene rings is 2. The van der Waals surface area contributed by atoms with E-state index < -0.39 is 0 Å². The van der Waals surface area contributed by atoms with Crippen LogP contribution in [0.2, 0.25) is 0 Å². The summed E-state index contributed by atoms with van der Waals surface area (Å²) in [6.07, 6.45) is 1.41. The van der Waals surface area contributed by atoms with Crippen molar-refractivity contribution < 1.29 is 4.79 Å². The number of hydrogen-bond acceptors (Lipinski definition) is 2. The third-order valence-electron chi connectivity index (χ3n) is 2.94. The molecule has 0 heterocycles. The molecule has 0 aliphatic carbocycles. The van der Waals surface area contributed by atoms with Crippen molar-refractivity contribution in [3.05, 3.63) is 42.5 Å². The Hall–Kier alpha value is -2.03. The van der Waals surface area contributed by atoms with Crippen molar-refractivity contribution in [3.8, 4) is 0 Å². The van der Waals surface area contributed by atoms with Crippen LogP contribution in [0, 0.1) is 0 Å². The maximum Gasteiger partial charge on any atom is 0.219 e. The van der Waals surface area contributed by atoms with Gasteiger partial charge in [-0.3, -0.25) is 4.79 Å². The maximum atomic E-state index is 11.1. The lowest BCUT2D eigenvalue weighted by Gasteiger charge is -2.07. The maximum absolute atomic E-state index is 11.1. The van der Waals surface area contributed by atoms with E-state index in [1.54, 1.807) is 7.05 Å². The summed E-state index contributed by atoms with van der Waals surface area (Å²) >= 11 is 0. The van der Waals surface area contributed by atoms with Gasteiger partial charge >= 0.3 is 0 Å². The second-order valence-electron chi connectivity index (χ2n) is 4.27. The van der Waals surface area contributed by atoms with Crippen molar-refractivity contribution in [1.82, 2.24) is 5.32 Å². The van der Waals surface area contributed by atoms with Crippen LogP contribution in [0.25, 0.3) is 10.8 Å². The molecule has 2 rings (SSSR count). The van der Waals surface area contributed by atoms with Gasteiger partial charge in [-0.2, -0.15) is 0 Å². The summed E-state index contributed by atoms with van der Waals surface area (Å²) in [5.41, 5.74) is 1.10. The molecule has 0 fully saturated rings.